The molecule has 0 saturated carbocycles. The first-order valence-electron chi connectivity index (χ1n) is 9.31. The van der Waals surface area contributed by atoms with Crippen LogP contribution in [0.5, 0.6) is 0 Å². The second-order valence-corrected chi connectivity index (χ2v) is 6.47. The van der Waals surface area contributed by atoms with Gasteiger partial charge in [-0.3, -0.25) is 9.59 Å². The average molecular weight is 374 g/mol. The van der Waals surface area contributed by atoms with Gasteiger partial charge in [0.05, 0.1) is 6.61 Å². The number of carboxylic acid groups (broad SMARTS) is 1. The molecule has 5 nitrogen and oxygen atoms in total. The molecule has 1 unspecified atom stereocenters. The second-order valence-electron chi connectivity index (χ2n) is 6.47. The number of hydrogen-bond acceptors (Lipinski definition) is 4. The molecule has 0 radical (unpaired) electrons. The Morgan fingerprint density at radius 3 is 2.37 bits per heavy atom. The predicted octanol–water partition coefficient (Wildman–Crippen LogP) is 4.53. The van der Waals surface area contributed by atoms with Gasteiger partial charge in [-0.05, 0) is 24.8 Å². The Morgan fingerprint density at radius 2 is 1.74 bits per heavy atom. The number of aliphatic carboxylic acids is 1. The van der Waals surface area contributed by atoms with Crippen LogP contribution in [-0.4, -0.2) is 30.3 Å². The molecule has 0 fully saturated rings. The predicted molar refractivity (Wildman–Crippen MR) is 105 cm³/mol. The van der Waals surface area contributed by atoms with Crippen LogP contribution in [0.4, 0.5) is 0 Å². The van der Waals surface area contributed by atoms with Gasteiger partial charge >= 0.3 is 11.9 Å². The number of carbonyl (C=O) groups excluding carboxylic acids is 1. The van der Waals surface area contributed by atoms with Crippen molar-refractivity contribution in [2.45, 2.75) is 45.1 Å². The molecule has 0 bridgehead atoms. The quantitative estimate of drug-likeness (QED) is 0.211. The minimum Gasteiger partial charge on any atom is -0.480 e. The molecule has 27 heavy (non-hydrogen) atoms. The molecule has 1 N–H and O–H groups in total. The number of rotatable bonds is 15. The van der Waals surface area contributed by atoms with Crippen LogP contribution in [0, 0.1) is 5.41 Å². The van der Waals surface area contributed by atoms with Crippen LogP contribution in [0.2, 0.25) is 0 Å². The molecule has 0 aliphatic carbocycles. The van der Waals surface area contributed by atoms with Gasteiger partial charge in [-0.1, -0.05) is 68.3 Å². The molecule has 0 heterocycles. The smallest absolute Gasteiger partial charge is 0.324 e. The van der Waals surface area contributed by atoms with E-state index >= 15 is 0 Å². The van der Waals surface area contributed by atoms with Gasteiger partial charge in [-0.2, -0.15) is 0 Å². The summed E-state index contributed by atoms with van der Waals surface area (Å²) in [5, 5.41) is 9.61. The van der Waals surface area contributed by atoms with E-state index in [1.165, 1.54) is 12.2 Å². The van der Waals surface area contributed by atoms with Crippen molar-refractivity contribution in [3.05, 3.63) is 61.2 Å². The lowest BCUT2D eigenvalue weighted by atomic mass is 9.79. The minimum absolute atomic E-state index is 0.00373. The summed E-state index contributed by atoms with van der Waals surface area (Å²) in [5.41, 5.74) is -0.416. The third kappa shape index (κ3) is 7.79. The Bertz CT molecular complexity index is 596. The maximum Gasteiger partial charge on any atom is 0.324 e. The first-order valence-corrected chi connectivity index (χ1v) is 9.31. The number of esters is 1. The summed E-state index contributed by atoms with van der Waals surface area (Å²) >= 11 is 0. The molecule has 1 aromatic carbocycles. The fraction of sp³-hybridized carbons (Fsp3) is 0.455. The number of allylic oxidation sites excluding steroid dienone is 1. The van der Waals surface area contributed by atoms with E-state index in [1.807, 2.05) is 30.3 Å². The van der Waals surface area contributed by atoms with Crippen molar-refractivity contribution in [2.24, 2.45) is 5.41 Å². The van der Waals surface area contributed by atoms with Crippen molar-refractivity contribution in [2.75, 3.05) is 13.2 Å². The highest BCUT2D eigenvalue weighted by Gasteiger charge is 2.46. The monoisotopic (exact) mass is 374 g/mol. The summed E-state index contributed by atoms with van der Waals surface area (Å²) in [5.74, 6) is -1.89. The van der Waals surface area contributed by atoms with E-state index in [0.29, 0.717) is 19.6 Å². The van der Waals surface area contributed by atoms with Crippen LogP contribution in [-0.2, 0) is 25.7 Å². The Labute approximate surface area is 161 Å². The van der Waals surface area contributed by atoms with Gasteiger partial charge in [-0.25, -0.2) is 0 Å². The van der Waals surface area contributed by atoms with Crippen LogP contribution in [0.1, 0.15) is 44.1 Å². The molecule has 1 rings (SSSR count). The number of unbranched alkanes of at least 4 members (excludes halogenated alkanes) is 3. The topological polar surface area (TPSA) is 72.8 Å². The maximum absolute atomic E-state index is 12.3. The van der Waals surface area contributed by atoms with Crippen molar-refractivity contribution in [3.8, 4) is 0 Å². The minimum atomic E-state index is -1.56. The molecular formula is C22H30O5. The molecule has 5 heteroatoms. The van der Waals surface area contributed by atoms with Gasteiger partial charge in [0.25, 0.3) is 0 Å². The highest BCUT2D eigenvalue weighted by Crippen LogP contribution is 2.32. The summed E-state index contributed by atoms with van der Waals surface area (Å²) in [7, 11) is 0. The highest BCUT2D eigenvalue weighted by molar-refractivity contribution is 5.99. The van der Waals surface area contributed by atoms with Gasteiger partial charge in [-0.15, -0.1) is 6.58 Å². The van der Waals surface area contributed by atoms with Crippen molar-refractivity contribution in [1.82, 2.24) is 0 Å². The number of hydrogen-bond donors (Lipinski definition) is 1. The molecule has 1 aromatic rings. The molecule has 0 spiro atoms. The lowest BCUT2D eigenvalue weighted by Gasteiger charge is -2.25. The van der Waals surface area contributed by atoms with Gasteiger partial charge in [0.15, 0.2) is 5.41 Å². The number of benzene rings is 1. The Hall–Kier alpha value is -2.40. The molecule has 0 aliphatic rings. The maximum atomic E-state index is 12.3. The molecular weight excluding hydrogens is 344 g/mol. The fourth-order valence-electron chi connectivity index (χ4n) is 2.84. The van der Waals surface area contributed by atoms with Crippen LogP contribution in [0.15, 0.2) is 55.6 Å². The average Bonchev–Trinajstić information content (AvgIpc) is 2.67. The molecule has 148 valence electrons. The number of carbonyl (C=O) groups is 2. The fourth-order valence-corrected chi connectivity index (χ4v) is 2.84. The van der Waals surface area contributed by atoms with E-state index in [1.54, 1.807) is 0 Å². The summed E-state index contributed by atoms with van der Waals surface area (Å²) in [6, 6.07) is 9.99. The summed E-state index contributed by atoms with van der Waals surface area (Å²) < 4.78 is 10.7. The Morgan fingerprint density at radius 1 is 1.04 bits per heavy atom. The van der Waals surface area contributed by atoms with Crippen LogP contribution in [0.3, 0.4) is 0 Å². The summed E-state index contributed by atoms with van der Waals surface area (Å²) in [6.07, 6.45) is 6.44. The van der Waals surface area contributed by atoms with Gasteiger partial charge in [0.1, 0.15) is 6.61 Å². The number of carboxylic acids is 1. The molecule has 0 amide bonds. The molecule has 0 aromatic heterocycles. The van der Waals surface area contributed by atoms with Crippen molar-refractivity contribution >= 4 is 11.9 Å². The summed E-state index contributed by atoms with van der Waals surface area (Å²) in [6.45, 7) is 8.32. The van der Waals surface area contributed by atoms with Gasteiger partial charge < -0.3 is 14.6 Å². The lowest BCUT2D eigenvalue weighted by Crippen LogP contribution is -2.40. The van der Waals surface area contributed by atoms with Crippen LogP contribution < -0.4 is 0 Å². The first-order chi connectivity index (χ1) is 13.1. The molecule has 0 aliphatic heterocycles. The van der Waals surface area contributed by atoms with E-state index in [0.717, 1.165) is 24.8 Å². The van der Waals surface area contributed by atoms with Crippen molar-refractivity contribution in [1.29, 1.82) is 0 Å². The largest absolute Gasteiger partial charge is 0.480 e. The highest BCUT2D eigenvalue weighted by atomic mass is 16.5. The Balaban J connectivity index is 2.33. The normalized spacial score (nSPS) is 12.7. The third-order valence-corrected chi connectivity index (χ3v) is 4.38. The van der Waals surface area contributed by atoms with Crippen LogP contribution >= 0.6 is 0 Å². The van der Waals surface area contributed by atoms with E-state index in [2.05, 4.69) is 13.2 Å². The van der Waals surface area contributed by atoms with Gasteiger partial charge in [0, 0.05) is 6.61 Å². The number of ether oxygens (including phenoxy) is 2. The zero-order chi connectivity index (χ0) is 20.0. The third-order valence-electron chi connectivity index (χ3n) is 4.38. The summed E-state index contributed by atoms with van der Waals surface area (Å²) in [4.78, 5) is 24.0. The standard InChI is InChI=1S/C22H30O5/c1-3-14-22(20(23)24,21(25)27-16-4-2)15-10-5-6-11-17-26-18-19-12-8-7-9-13-19/h3-4,7-9,12-13H,1-2,5-6,10-11,14-18H2,(H,23,24). The van der Waals surface area contributed by atoms with E-state index < -0.39 is 17.4 Å². The van der Waals surface area contributed by atoms with Crippen LogP contribution in [0.25, 0.3) is 0 Å². The van der Waals surface area contributed by atoms with E-state index in [-0.39, 0.29) is 19.4 Å². The zero-order valence-electron chi connectivity index (χ0n) is 15.9. The second kappa shape index (κ2) is 12.9. The zero-order valence-corrected chi connectivity index (χ0v) is 15.9. The molecule has 1 atom stereocenters. The van der Waals surface area contributed by atoms with E-state index in [9.17, 15) is 14.7 Å². The van der Waals surface area contributed by atoms with Gasteiger partial charge in [0.2, 0.25) is 0 Å². The van der Waals surface area contributed by atoms with Crippen molar-refractivity contribution < 1.29 is 24.2 Å². The Kier molecular flexibility index (Phi) is 10.8. The lowest BCUT2D eigenvalue weighted by molar-refractivity contribution is -0.168. The first kappa shape index (κ1) is 22.6. The van der Waals surface area contributed by atoms with E-state index in [4.69, 9.17) is 9.47 Å². The SMILES string of the molecule is C=CCOC(=O)C(CC=C)(CCCCCCOCc1ccccc1)C(=O)O. The van der Waals surface area contributed by atoms with Crippen molar-refractivity contribution in [3.63, 3.8) is 0 Å². The molecule has 0 saturated heterocycles.